The minimum atomic E-state index is 0.212. The SMILES string of the molecule is Cc1cnn(C)c1C[C@@H](C)N. The third kappa shape index (κ3) is 1.80. The third-order valence-corrected chi connectivity index (χ3v) is 1.79. The standard InChI is InChI=1S/C8H15N3/c1-6-5-10-11(3)8(6)4-7(2)9/h5,7H,4,9H2,1-3H3/t7-/m1/s1. The maximum atomic E-state index is 5.68. The molecule has 3 heteroatoms. The number of nitrogens with two attached hydrogens (primary N) is 1. The van der Waals surface area contributed by atoms with Gasteiger partial charge in [-0.25, -0.2) is 0 Å². The Balaban J connectivity index is 2.83. The molecular formula is C8H15N3. The Morgan fingerprint density at radius 2 is 2.36 bits per heavy atom. The highest BCUT2D eigenvalue weighted by Gasteiger charge is 2.05. The van der Waals surface area contributed by atoms with Crippen LogP contribution in [0.15, 0.2) is 6.20 Å². The summed E-state index contributed by atoms with van der Waals surface area (Å²) in [5.74, 6) is 0. The molecule has 1 aromatic heterocycles. The Hall–Kier alpha value is -0.830. The fourth-order valence-electron chi connectivity index (χ4n) is 1.17. The minimum absolute atomic E-state index is 0.212. The topological polar surface area (TPSA) is 43.8 Å². The molecule has 1 rings (SSSR count). The Morgan fingerprint density at radius 1 is 1.73 bits per heavy atom. The van der Waals surface area contributed by atoms with Gasteiger partial charge in [-0.2, -0.15) is 5.10 Å². The Morgan fingerprint density at radius 3 is 2.73 bits per heavy atom. The molecule has 11 heavy (non-hydrogen) atoms. The molecule has 0 saturated carbocycles. The molecule has 0 radical (unpaired) electrons. The van der Waals surface area contributed by atoms with Gasteiger partial charge in [0.25, 0.3) is 0 Å². The fraction of sp³-hybridized carbons (Fsp3) is 0.625. The molecule has 62 valence electrons. The molecule has 0 bridgehead atoms. The first kappa shape index (κ1) is 8.27. The summed E-state index contributed by atoms with van der Waals surface area (Å²) in [4.78, 5) is 0. The Kier molecular flexibility index (Phi) is 2.29. The zero-order valence-electron chi connectivity index (χ0n) is 7.33. The molecule has 0 unspecified atom stereocenters. The van der Waals surface area contributed by atoms with Gasteiger partial charge in [0.2, 0.25) is 0 Å². The smallest absolute Gasteiger partial charge is 0.0521 e. The van der Waals surface area contributed by atoms with Crippen LogP contribution in [0.4, 0.5) is 0 Å². The molecule has 0 amide bonds. The van der Waals surface area contributed by atoms with E-state index in [4.69, 9.17) is 5.73 Å². The van der Waals surface area contributed by atoms with E-state index in [1.165, 1.54) is 11.3 Å². The summed E-state index contributed by atoms with van der Waals surface area (Å²) in [6.45, 7) is 4.07. The quantitative estimate of drug-likeness (QED) is 0.676. The predicted molar refractivity (Wildman–Crippen MR) is 45.3 cm³/mol. The second-order valence-electron chi connectivity index (χ2n) is 3.08. The number of rotatable bonds is 2. The Bertz CT molecular complexity index is 218. The normalized spacial score (nSPS) is 13.5. The molecule has 3 nitrogen and oxygen atoms in total. The van der Waals surface area contributed by atoms with Crippen molar-refractivity contribution in [3.63, 3.8) is 0 Å². The van der Waals surface area contributed by atoms with E-state index in [0.717, 1.165) is 6.42 Å². The molecule has 0 aliphatic rings. The second kappa shape index (κ2) is 3.05. The van der Waals surface area contributed by atoms with Crippen LogP contribution in [-0.2, 0) is 13.5 Å². The van der Waals surface area contributed by atoms with E-state index in [1.807, 2.05) is 24.9 Å². The van der Waals surface area contributed by atoms with Crippen molar-refractivity contribution in [3.8, 4) is 0 Å². The van der Waals surface area contributed by atoms with Crippen LogP contribution in [0.1, 0.15) is 18.2 Å². The number of aryl methyl sites for hydroxylation is 2. The fourth-order valence-corrected chi connectivity index (χ4v) is 1.17. The van der Waals surface area contributed by atoms with Crippen LogP contribution in [0.3, 0.4) is 0 Å². The van der Waals surface area contributed by atoms with Crippen LogP contribution >= 0.6 is 0 Å². The number of hydrogen-bond donors (Lipinski definition) is 1. The second-order valence-corrected chi connectivity index (χ2v) is 3.08. The van der Waals surface area contributed by atoms with Gasteiger partial charge in [-0.15, -0.1) is 0 Å². The summed E-state index contributed by atoms with van der Waals surface area (Å²) in [5, 5.41) is 4.13. The Labute approximate surface area is 67.2 Å². The van der Waals surface area contributed by atoms with Crippen molar-refractivity contribution in [1.82, 2.24) is 9.78 Å². The summed E-state index contributed by atoms with van der Waals surface area (Å²) in [6.07, 6.45) is 2.78. The van der Waals surface area contributed by atoms with Crippen LogP contribution in [0.2, 0.25) is 0 Å². The molecule has 1 atom stereocenters. The first-order valence-corrected chi connectivity index (χ1v) is 3.84. The average Bonchev–Trinajstić information content (AvgIpc) is 2.18. The molecule has 1 heterocycles. The van der Waals surface area contributed by atoms with Gasteiger partial charge < -0.3 is 5.73 Å². The van der Waals surface area contributed by atoms with E-state index >= 15 is 0 Å². The summed E-state index contributed by atoms with van der Waals surface area (Å²) in [7, 11) is 1.95. The predicted octanol–water partition coefficient (Wildman–Crippen LogP) is 0.618. The lowest BCUT2D eigenvalue weighted by molar-refractivity contribution is 0.648. The van der Waals surface area contributed by atoms with E-state index in [1.54, 1.807) is 0 Å². The maximum absolute atomic E-state index is 5.68. The molecule has 0 fully saturated rings. The van der Waals surface area contributed by atoms with E-state index < -0.39 is 0 Å². The van der Waals surface area contributed by atoms with Crippen molar-refractivity contribution in [2.45, 2.75) is 26.3 Å². The molecule has 1 aromatic rings. The van der Waals surface area contributed by atoms with Crippen molar-refractivity contribution in [3.05, 3.63) is 17.5 Å². The molecule has 2 N–H and O–H groups in total. The third-order valence-electron chi connectivity index (χ3n) is 1.79. The van der Waals surface area contributed by atoms with Gasteiger partial charge in [-0.05, 0) is 19.4 Å². The van der Waals surface area contributed by atoms with Crippen LogP contribution in [0.5, 0.6) is 0 Å². The van der Waals surface area contributed by atoms with E-state index in [-0.39, 0.29) is 6.04 Å². The molecule has 0 aliphatic carbocycles. The highest BCUT2D eigenvalue weighted by molar-refractivity contribution is 5.16. The average molecular weight is 153 g/mol. The van der Waals surface area contributed by atoms with Crippen LogP contribution in [0.25, 0.3) is 0 Å². The van der Waals surface area contributed by atoms with Crippen LogP contribution < -0.4 is 5.73 Å². The van der Waals surface area contributed by atoms with Crippen molar-refractivity contribution in [2.24, 2.45) is 12.8 Å². The van der Waals surface area contributed by atoms with Crippen LogP contribution in [0, 0.1) is 6.92 Å². The molecule has 0 aromatic carbocycles. The van der Waals surface area contributed by atoms with Gasteiger partial charge in [0.1, 0.15) is 0 Å². The largest absolute Gasteiger partial charge is 0.328 e. The summed E-state index contributed by atoms with van der Waals surface area (Å²) in [5.41, 5.74) is 8.14. The van der Waals surface area contributed by atoms with Gasteiger partial charge in [-0.1, -0.05) is 0 Å². The highest BCUT2D eigenvalue weighted by atomic mass is 15.3. The lowest BCUT2D eigenvalue weighted by Gasteiger charge is -2.06. The van der Waals surface area contributed by atoms with Crippen LogP contribution in [-0.4, -0.2) is 15.8 Å². The summed E-state index contributed by atoms with van der Waals surface area (Å²) >= 11 is 0. The van der Waals surface area contributed by atoms with Gasteiger partial charge in [0.15, 0.2) is 0 Å². The van der Waals surface area contributed by atoms with Gasteiger partial charge >= 0.3 is 0 Å². The summed E-state index contributed by atoms with van der Waals surface area (Å²) < 4.78 is 1.89. The minimum Gasteiger partial charge on any atom is -0.328 e. The number of nitrogens with zero attached hydrogens (tertiary/aromatic N) is 2. The van der Waals surface area contributed by atoms with Gasteiger partial charge in [0.05, 0.1) is 6.20 Å². The number of hydrogen-bond acceptors (Lipinski definition) is 2. The van der Waals surface area contributed by atoms with Crippen molar-refractivity contribution >= 4 is 0 Å². The molecular weight excluding hydrogens is 138 g/mol. The lowest BCUT2D eigenvalue weighted by Crippen LogP contribution is -2.20. The molecule has 0 aliphatic heterocycles. The van der Waals surface area contributed by atoms with Crippen molar-refractivity contribution < 1.29 is 0 Å². The van der Waals surface area contributed by atoms with Gasteiger partial charge in [-0.3, -0.25) is 4.68 Å². The van der Waals surface area contributed by atoms with Gasteiger partial charge in [0, 0.05) is 25.2 Å². The molecule has 0 spiro atoms. The van der Waals surface area contributed by atoms with E-state index in [2.05, 4.69) is 12.0 Å². The first-order chi connectivity index (χ1) is 5.11. The van der Waals surface area contributed by atoms with Crippen molar-refractivity contribution in [1.29, 1.82) is 0 Å². The van der Waals surface area contributed by atoms with E-state index in [0.29, 0.717) is 0 Å². The highest BCUT2D eigenvalue weighted by Crippen LogP contribution is 2.06. The summed E-state index contributed by atoms with van der Waals surface area (Å²) in [6, 6.07) is 0.212. The molecule has 0 saturated heterocycles. The van der Waals surface area contributed by atoms with Crippen molar-refractivity contribution in [2.75, 3.05) is 0 Å². The lowest BCUT2D eigenvalue weighted by atomic mass is 10.1. The zero-order valence-corrected chi connectivity index (χ0v) is 7.33. The monoisotopic (exact) mass is 153 g/mol. The zero-order chi connectivity index (χ0) is 8.43. The number of aromatic nitrogens is 2. The maximum Gasteiger partial charge on any atom is 0.0521 e. The van der Waals surface area contributed by atoms with E-state index in [9.17, 15) is 0 Å². The first-order valence-electron chi connectivity index (χ1n) is 3.84.